The first-order valence-electron chi connectivity index (χ1n) is 19.4. The Morgan fingerprint density at radius 2 is 1.00 bits per heavy atom. The lowest BCUT2D eigenvalue weighted by molar-refractivity contribution is -0.130. The van der Waals surface area contributed by atoms with E-state index in [1.54, 1.807) is 22.7 Å². The van der Waals surface area contributed by atoms with Crippen molar-refractivity contribution in [3.63, 3.8) is 0 Å². The van der Waals surface area contributed by atoms with E-state index in [2.05, 4.69) is 113 Å². The molecule has 0 aliphatic carbocycles. The number of hydrogen-bond donors (Lipinski definition) is 2. The van der Waals surface area contributed by atoms with Crippen LogP contribution >= 0.6 is 22.7 Å². The lowest BCUT2D eigenvalue weighted by atomic mass is 10.0. The Bertz CT molecular complexity index is 2030. The minimum atomic E-state index is -0.106. The van der Waals surface area contributed by atoms with Crippen molar-refractivity contribution >= 4 is 50.4 Å². The van der Waals surface area contributed by atoms with Gasteiger partial charge in [-0.3, -0.25) is 24.4 Å². The summed E-state index contributed by atoms with van der Waals surface area (Å²) < 4.78 is 0. The zero-order chi connectivity index (χ0) is 38.3. The van der Waals surface area contributed by atoms with Crippen LogP contribution in [0.1, 0.15) is 25.0 Å². The molecule has 2 aromatic carbocycles. The smallest absolute Gasteiger partial charge is 0.188 e. The van der Waals surface area contributed by atoms with Crippen LogP contribution in [-0.4, -0.2) is 110 Å². The van der Waals surface area contributed by atoms with Crippen LogP contribution in [0.25, 0.3) is 20.9 Å². The normalized spacial score (nSPS) is 17.0. The molecule has 0 bridgehead atoms. The fraction of sp³-hybridized carbons (Fsp3) is 0.326. The summed E-state index contributed by atoms with van der Waals surface area (Å²) in [5.41, 5.74) is 4.74. The quantitative estimate of drug-likeness (QED) is 0.115. The molecular weight excluding hydrogens is 737 g/mol. The second kappa shape index (κ2) is 17.9. The lowest BCUT2D eigenvalue weighted by Gasteiger charge is -2.41. The number of ketones is 1. The van der Waals surface area contributed by atoms with Gasteiger partial charge in [0.05, 0.1) is 21.8 Å². The van der Waals surface area contributed by atoms with Crippen molar-refractivity contribution in [1.29, 1.82) is 0 Å². The van der Waals surface area contributed by atoms with Crippen LogP contribution in [0.2, 0.25) is 0 Å². The third-order valence-electron chi connectivity index (χ3n) is 10.8. The summed E-state index contributed by atoms with van der Waals surface area (Å²) in [4.78, 5) is 43.9. The minimum Gasteiger partial charge on any atom is -0.316 e. The number of rotatable bonds is 14. The van der Waals surface area contributed by atoms with Crippen LogP contribution in [-0.2, 0) is 17.9 Å². The summed E-state index contributed by atoms with van der Waals surface area (Å²) in [6.07, 6.45) is 7.54. The number of nitrogens with zero attached hydrogens (tertiary/aromatic N) is 8. The minimum absolute atomic E-state index is 0.106. The molecule has 0 amide bonds. The summed E-state index contributed by atoms with van der Waals surface area (Å²) in [6, 6.07) is 28.8. The average molecular weight is 785 g/mol. The molecule has 6 aromatic rings. The Kier molecular flexibility index (Phi) is 12.2. The topological polar surface area (TPSA) is 106 Å². The van der Waals surface area contributed by atoms with Crippen molar-refractivity contribution < 1.29 is 4.79 Å². The van der Waals surface area contributed by atoms with E-state index in [4.69, 9.17) is 0 Å². The van der Waals surface area contributed by atoms with Crippen molar-refractivity contribution in [2.24, 2.45) is 0 Å². The number of aromatic nitrogens is 4. The molecule has 56 heavy (non-hydrogen) atoms. The standard InChI is InChI=1S/C43H48N10OS2/c1-31(52-21-17-50(18-22-52)29-33-13-15-44-39(25-33)48-42-46-27-37(55-42)35-9-5-3-6-10-35)41(54)32(2)53-23-19-51(20-24-53)30-34-14-16-45-40(26-34)49-43-47-28-38(56-43)36-11-7-4-8-12-36/h3-16,25-28,31-32H,17-24,29-30H2,1-2H3,(H,44,46,48)(H,45,47,49). The van der Waals surface area contributed by atoms with E-state index >= 15 is 0 Å². The Morgan fingerprint density at radius 1 is 0.589 bits per heavy atom. The highest BCUT2D eigenvalue weighted by molar-refractivity contribution is 7.19. The molecule has 13 heteroatoms. The van der Waals surface area contributed by atoms with Crippen LogP contribution in [0, 0.1) is 0 Å². The van der Waals surface area contributed by atoms with E-state index in [-0.39, 0.29) is 12.1 Å². The third kappa shape index (κ3) is 9.55. The van der Waals surface area contributed by atoms with Gasteiger partial charge < -0.3 is 10.6 Å². The highest BCUT2D eigenvalue weighted by atomic mass is 32.1. The fourth-order valence-corrected chi connectivity index (χ4v) is 9.14. The maximum atomic E-state index is 13.8. The molecule has 8 rings (SSSR count). The van der Waals surface area contributed by atoms with Gasteiger partial charge in [0.25, 0.3) is 0 Å². The summed E-state index contributed by atoms with van der Waals surface area (Å²) in [5, 5.41) is 8.44. The number of thiazole rings is 2. The second-order valence-corrected chi connectivity index (χ2v) is 16.6. The highest BCUT2D eigenvalue weighted by Gasteiger charge is 2.32. The zero-order valence-electron chi connectivity index (χ0n) is 31.9. The second-order valence-electron chi connectivity index (χ2n) is 14.5. The maximum absolute atomic E-state index is 13.8. The summed E-state index contributed by atoms with van der Waals surface area (Å²) >= 11 is 3.25. The summed E-state index contributed by atoms with van der Waals surface area (Å²) in [7, 11) is 0. The number of hydrogen-bond acceptors (Lipinski definition) is 13. The number of pyridine rings is 2. The van der Waals surface area contributed by atoms with E-state index < -0.39 is 0 Å². The molecule has 288 valence electrons. The van der Waals surface area contributed by atoms with Crippen LogP contribution in [0.3, 0.4) is 0 Å². The molecular formula is C43H48N10OS2. The van der Waals surface area contributed by atoms with Gasteiger partial charge in [-0.1, -0.05) is 83.3 Å². The van der Waals surface area contributed by atoms with Crippen LogP contribution < -0.4 is 10.6 Å². The van der Waals surface area contributed by atoms with E-state index in [9.17, 15) is 4.79 Å². The summed E-state index contributed by atoms with van der Waals surface area (Å²) in [6.45, 7) is 13.1. The highest BCUT2D eigenvalue weighted by Crippen LogP contribution is 2.31. The van der Waals surface area contributed by atoms with Gasteiger partial charge in [0.15, 0.2) is 16.0 Å². The van der Waals surface area contributed by atoms with Gasteiger partial charge in [0.2, 0.25) is 0 Å². The van der Waals surface area contributed by atoms with Gasteiger partial charge in [-0.15, -0.1) is 0 Å². The van der Waals surface area contributed by atoms with Gasteiger partial charge in [0.1, 0.15) is 11.6 Å². The molecule has 2 aliphatic heterocycles. The molecule has 2 N–H and O–H groups in total. The number of carbonyl (C=O) groups is 1. The first-order valence-corrected chi connectivity index (χ1v) is 21.0. The number of piperazine rings is 2. The number of carbonyl (C=O) groups excluding carboxylic acids is 1. The molecule has 6 heterocycles. The van der Waals surface area contributed by atoms with Crippen LogP contribution in [0.15, 0.2) is 110 Å². The fourth-order valence-electron chi connectivity index (χ4n) is 7.48. The molecule has 4 aromatic heterocycles. The molecule has 2 saturated heterocycles. The van der Waals surface area contributed by atoms with Gasteiger partial charge in [-0.25, -0.2) is 19.9 Å². The Labute approximate surface area is 337 Å². The molecule has 2 unspecified atom stereocenters. The Morgan fingerprint density at radius 3 is 1.41 bits per heavy atom. The number of benzene rings is 2. The van der Waals surface area contributed by atoms with Crippen molar-refractivity contribution in [3.8, 4) is 20.9 Å². The van der Waals surface area contributed by atoms with Gasteiger partial charge in [-0.05, 0) is 60.4 Å². The van der Waals surface area contributed by atoms with Crippen molar-refractivity contribution in [2.75, 3.05) is 63.0 Å². The first-order chi connectivity index (χ1) is 27.4. The van der Waals surface area contributed by atoms with E-state index in [1.165, 1.54) is 11.1 Å². The molecule has 0 radical (unpaired) electrons. The van der Waals surface area contributed by atoms with Crippen molar-refractivity contribution in [3.05, 3.63) is 121 Å². The largest absolute Gasteiger partial charge is 0.316 e. The van der Waals surface area contributed by atoms with E-state index in [1.807, 2.05) is 61.2 Å². The van der Waals surface area contributed by atoms with Crippen molar-refractivity contribution in [1.82, 2.24) is 39.5 Å². The van der Waals surface area contributed by atoms with Gasteiger partial charge in [-0.2, -0.15) is 0 Å². The predicted octanol–water partition coefficient (Wildman–Crippen LogP) is 7.49. The lowest BCUT2D eigenvalue weighted by Crippen LogP contribution is -2.57. The first kappa shape index (κ1) is 38.0. The predicted molar refractivity (Wildman–Crippen MR) is 228 cm³/mol. The van der Waals surface area contributed by atoms with Crippen LogP contribution in [0.4, 0.5) is 21.9 Å². The maximum Gasteiger partial charge on any atom is 0.188 e. The molecule has 0 spiro atoms. The SMILES string of the molecule is CC(C(=O)C(C)N1CCN(Cc2ccnc(Nc3ncc(-c4ccccc4)s3)c2)CC1)N1CCN(Cc2ccnc(Nc3ncc(-c4ccccc4)s3)c2)CC1. The Hall–Kier alpha value is -4.89. The van der Waals surface area contributed by atoms with E-state index in [0.717, 1.165) is 108 Å². The molecule has 2 aliphatic rings. The van der Waals surface area contributed by atoms with Crippen molar-refractivity contribution in [2.45, 2.75) is 39.0 Å². The molecule has 0 saturated carbocycles. The summed E-state index contributed by atoms with van der Waals surface area (Å²) in [5.74, 6) is 1.92. The molecule has 11 nitrogen and oxygen atoms in total. The average Bonchev–Trinajstić information content (AvgIpc) is 3.92. The molecule has 2 atom stereocenters. The Balaban J connectivity index is 0.765. The third-order valence-corrected chi connectivity index (χ3v) is 12.7. The number of nitrogens with one attached hydrogen (secondary N) is 2. The number of anilines is 4. The zero-order valence-corrected chi connectivity index (χ0v) is 33.6. The monoisotopic (exact) mass is 784 g/mol. The van der Waals surface area contributed by atoms with E-state index in [0.29, 0.717) is 5.78 Å². The van der Waals surface area contributed by atoms with Gasteiger partial charge in [0, 0.05) is 90.2 Å². The number of Topliss-reactive ketones (excluding diaryl/α,β-unsaturated/α-hetero) is 1. The molecule has 2 fully saturated rings. The van der Waals surface area contributed by atoms with Gasteiger partial charge >= 0.3 is 0 Å². The van der Waals surface area contributed by atoms with Crippen LogP contribution in [0.5, 0.6) is 0 Å².